The van der Waals surface area contributed by atoms with Gasteiger partial charge in [0, 0.05) is 36.4 Å². The van der Waals surface area contributed by atoms with Crippen molar-refractivity contribution in [1.29, 1.82) is 0 Å². The fraction of sp³-hybridized carbons (Fsp3) is 0.350. The van der Waals surface area contributed by atoms with Gasteiger partial charge in [-0.25, -0.2) is 8.78 Å². The molecule has 1 amide bonds. The number of nitrogens with zero attached hydrogens (tertiary/aromatic N) is 2. The summed E-state index contributed by atoms with van der Waals surface area (Å²) in [6.07, 6.45) is -2.40. The van der Waals surface area contributed by atoms with Gasteiger partial charge in [0.05, 0.1) is 24.5 Å². The second-order valence-electron chi connectivity index (χ2n) is 6.16. The van der Waals surface area contributed by atoms with Crippen molar-refractivity contribution in [3.8, 4) is 0 Å². The molecular weight excluding hydrogens is 370 g/mol. The van der Waals surface area contributed by atoms with Crippen LogP contribution in [0.25, 0.3) is 0 Å². The zero-order chi connectivity index (χ0) is 19.2. The third kappa shape index (κ3) is 4.78. The molecule has 4 nitrogen and oxygen atoms in total. The standard InChI is InChI=1S/C20H22F2N2O2S/c1-26-13-12-23(14-19(21)22)20(25)10-11-24-15-6-2-4-8-17(15)27-18-9-5-3-7-16(18)24/h2-9,19H,10-14H2,1H3. The summed E-state index contributed by atoms with van der Waals surface area (Å²) in [5.41, 5.74) is 2.07. The van der Waals surface area contributed by atoms with E-state index in [1.807, 2.05) is 48.5 Å². The van der Waals surface area contributed by atoms with Crippen molar-refractivity contribution in [2.75, 3.05) is 38.3 Å². The molecule has 0 fully saturated rings. The average molecular weight is 392 g/mol. The van der Waals surface area contributed by atoms with Gasteiger partial charge in [-0.1, -0.05) is 36.0 Å². The molecule has 0 saturated carbocycles. The third-order valence-corrected chi connectivity index (χ3v) is 5.49. The molecule has 0 N–H and O–H groups in total. The Morgan fingerprint density at radius 3 is 2.26 bits per heavy atom. The van der Waals surface area contributed by atoms with Crippen LogP contribution in [0.2, 0.25) is 0 Å². The predicted octanol–water partition coefficient (Wildman–Crippen LogP) is 4.42. The summed E-state index contributed by atoms with van der Waals surface area (Å²) in [6, 6.07) is 16.0. The van der Waals surface area contributed by atoms with E-state index in [2.05, 4.69) is 4.90 Å². The van der Waals surface area contributed by atoms with Gasteiger partial charge in [-0.05, 0) is 24.3 Å². The highest BCUT2D eigenvalue weighted by molar-refractivity contribution is 7.99. The van der Waals surface area contributed by atoms with Crippen LogP contribution in [0.1, 0.15) is 6.42 Å². The summed E-state index contributed by atoms with van der Waals surface area (Å²) >= 11 is 1.69. The second-order valence-corrected chi connectivity index (χ2v) is 7.25. The number of halogens is 2. The van der Waals surface area contributed by atoms with Crippen LogP contribution in [-0.4, -0.2) is 50.6 Å². The average Bonchev–Trinajstić information content (AvgIpc) is 2.67. The molecule has 0 spiro atoms. The molecule has 3 rings (SSSR count). The zero-order valence-electron chi connectivity index (χ0n) is 15.1. The number of carbonyl (C=O) groups is 1. The lowest BCUT2D eigenvalue weighted by Gasteiger charge is -2.33. The SMILES string of the molecule is COCCN(CC(F)F)C(=O)CCN1c2ccccc2Sc2ccccc21. The first-order chi connectivity index (χ1) is 13.1. The first-order valence-corrected chi connectivity index (χ1v) is 9.60. The van der Waals surface area contributed by atoms with Gasteiger partial charge < -0.3 is 14.5 Å². The fourth-order valence-electron chi connectivity index (χ4n) is 3.07. The Morgan fingerprint density at radius 2 is 1.70 bits per heavy atom. The molecular formula is C20H22F2N2O2S. The molecule has 0 bridgehead atoms. The van der Waals surface area contributed by atoms with Gasteiger partial charge in [0.25, 0.3) is 6.43 Å². The zero-order valence-corrected chi connectivity index (χ0v) is 15.9. The molecule has 0 aliphatic carbocycles. The summed E-state index contributed by atoms with van der Waals surface area (Å²) in [7, 11) is 1.49. The van der Waals surface area contributed by atoms with Gasteiger partial charge in [-0.2, -0.15) is 0 Å². The molecule has 0 atom stereocenters. The normalized spacial score (nSPS) is 12.7. The summed E-state index contributed by atoms with van der Waals surface area (Å²) in [5, 5.41) is 0. The highest BCUT2D eigenvalue weighted by Crippen LogP contribution is 2.47. The van der Waals surface area contributed by atoms with Gasteiger partial charge >= 0.3 is 0 Å². The number of alkyl halides is 2. The first-order valence-electron chi connectivity index (χ1n) is 8.78. The Bertz CT molecular complexity index is 743. The predicted molar refractivity (Wildman–Crippen MR) is 103 cm³/mol. The molecule has 1 aliphatic heterocycles. The van der Waals surface area contributed by atoms with Crippen molar-refractivity contribution in [2.45, 2.75) is 22.6 Å². The maximum atomic E-state index is 12.8. The highest BCUT2D eigenvalue weighted by Gasteiger charge is 2.24. The fourth-order valence-corrected chi connectivity index (χ4v) is 4.17. The maximum Gasteiger partial charge on any atom is 0.255 e. The number of benzene rings is 2. The Balaban J connectivity index is 1.76. The quantitative estimate of drug-likeness (QED) is 0.666. The molecule has 2 aromatic rings. The monoisotopic (exact) mass is 392 g/mol. The number of amides is 1. The van der Waals surface area contributed by atoms with E-state index in [1.54, 1.807) is 11.8 Å². The number of fused-ring (bicyclic) bond motifs is 2. The second kappa shape index (κ2) is 9.19. The van der Waals surface area contributed by atoms with E-state index in [4.69, 9.17) is 4.74 Å². The van der Waals surface area contributed by atoms with Crippen LogP contribution in [0.15, 0.2) is 58.3 Å². The lowest BCUT2D eigenvalue weighted by molar-refractivity contribution is -0.133. The van der Waals surface area contributed by atoms with E-state index in [1.165, 1.54) is 12.0 Å². The van der Waals surface area contributed by atoms with Crippen molar-refractivity contribution in [1.82, 2.24) is 4.90 Å². The molecule has 0 saturated heterocycles. The van der Waals surface area contributed by atoms with E-state index in [0.29, 0.717) is 6.54 Å². The molecule has 27 heavy (non-hydrogen) atoms. The number of ether oxygens (including phenoxy) is 1. The molecule has 1 aliphatic rings. The summed E-state index contributed by atoms with van der Waals surface area (Å²) in [4.78, 5) is 18.1. The minimum atomic E-state index is -2.56. The summed E-state index contributed by atoms with van der Waals surface area (Å²) in [5.74, 6) is -0.291. The molecule has 2 aromatic carbocycles. The Labute approximate surface area is 162 Å². The van der Waals surface area contributed by atoms with Crippen molar-refractivity contribution >= 4 is 29.0 Å². The molecule has 7 heteroatoms. The van der Waals surface area contributed by atoms with Crippen LogP contribution in [0.4, 0.5) is 20.2 Å². The number of hydrogen-bond acceptors (Lipinski definition) is 4. The van der Waals surface area contributed by atoms with Crippen LogP contribution >= 0.6 is 11.8 Å². The van der Waals surface area contributed by atoms with Crippen LogP contribution in [0.5, 0.6) is 0 Å². The molecule has 0 aromatic heterocycles. The topological polar surface area (TPSA) is 32.8 Å². The van der Waals surface area contributed by atoms with Gasteiger partial charge in [-0.15, -0.1) is 0 Å². The lowest BCUT2D eigenvalue weighted by Crippen LogP contribution is -2.39. The van der Waals surface area contributed by atoms with Crippen LogP contribution in [0, 0.1) is 0 Å². The number of carbonyl (C=O) groups excluding carboxylic acids is 1. The number of methoxy groups -OCH3 is 1. The molecule has 1 heterocycles. The van der Waals surface area contributed by atoms with Crippen molar-refractivity contribution in [3.63, 3.8) is 0 Å². The van der Waals surface area contributed by atoms with Gasteiger partial charge in [-0.3, -0.25) is 4.79 Å². The van der Waals surface area contributed by atoms with Crippen molar-refractivity contribution in [3.05, 3.63) is 48.5 Å². The lowest BCUT2D eigenvalue weighted by atomic mass is 10.2. The first kappa shape index (κ1) is 19.6. The Hall–Kier alpha value is -2.12. The molecule has 144 valence electrons. The van der Waals surface area contributed by atoms with Crippen LogP contribution < -0.4 is 4.90 Å². The van der Waals surface area contributed by atoms with E-state index >= 15 is 0 Å². The maximum absolute atomic E-state index is 12.8. The summed E-state index contributed by atoms with van der Waals surface area (Å²) < 4.78 is 30.6. The van der Waals surface area contributed by atoms with E-state index in [9.17, 15) is 13.6 Å². The number of rotatable bonds is 8. The van der Waals surface area contributed by atoms with Crippen LogP contribution in [0.3, 0.4) is 0 Å². The number of hydrogen-bond donors (Lipinski definition) is 0. The highest BCUT2D eigenvalue weighted by atomic mass is 32.2. The van der Waals surface area contributed by atoms with Crippen molar-refractivity contribution in [2.24, 2.45) is 0 Å². The van der Waals surface area contributed by atoms with Gasteiger partial charge in [0.2, 0.25) is 5.91 Å². The smallest absolute Gasteiger partial charge is 0.255 e. The largest absolute Gasteiger partial charge is 0.383 e. The minimum absolute atomic E-state index is 0.157. The van der Waals surface area contributed by atoms with Gasteiger partial charge in [0.1, 0.15) is 0 Å². The third-order valence-electron chi connectivity index (χ3n) is 4.36. The van der Waals surface area contributed by atoms with E-state index in [0.717, 1.165) is 21.2 Å². The molecule has 0 unspecified atom stereocenters. The Morgan fingerprint density at radius 1 is 1.11 bits per heavy atom. The molecule has 0 radical (unpaired) electrons. The summed E-state index contributed by atoms with van der Waals surface area (Å²) in [6.45, 7) is 0.276. The number of anilines is 2. The van der Waals surface area contributed by atoms with Crippen molar-refractivity contribution < 1.29 is 18.3 Å². The minimum Gasteiger partial charge on any atom is -0.383 e. The number of para-hydroxylation sites is 2. The van der Waals surface area contributed by atoms with E-state index < -0.39 is 13.0 Å². The van der Waals surface area contributed by atoms with Gasteiger partial charge in [0.15, 0.2) is 0 Å². The Kier molecular flexibility index (Phi) is 6.68. The van der Waals surface area contributed by atoms with E-state index in [-0.39, 0.29) is 25.5 Å². The van der Waals surface area contributed by atoms with Crippen LogP contribution in [-0.2, 0) is 9.53 Å².